The number of anilines is 1. The smallest absolute Gasteiger partial charge is 0.339 e. The van der Waals surface area contributed by atoms with Crippen molar-refractivity contribution in [3.8, 4) is 5.75 Å². The minimum atomic E-state index is -0.673. The van der Waals surface area contributed by atoms with E-state index in [0.717, 1.165) is 0 Å². The summed E-state index contributed by atoms with van der Waals surface area (Å²) in [6.45, 7) is 3.40. The van der Waals surface area contributed by atoms with Gasteiger partial charge in [-0.05, 0) is 38.1 Å². The summed E-state index contributed by atoms with van der Waals surface area (Å²) >= 11 is 6.01. The zero-order valence-electron chi connectivity index (χ0n) is 13.9. The van der Waals surface area contributed by atoms with Crippen molar-refractivity contribution in [2.75, 3.05) is 19.0 Å². The van der Waals surface area contributed by atoms with Gasteiger partial charge in [0.15, 0.2) is 0 Å². The summed E-state index contributed by atoms with van der Waals surface area (Å²) in [4.78, 5) is 38.8. The molecule has 2 aromatic rings. The molecule has 0 aliphatic rings. The fraction of sp³-hybridized carbons (Fsp3) is 0.235. The van der Waals surface area contributed by atoms with Crippen LogP contribution >= 0.6 is 11.6 Å². The van der Waals surface area contributed by atoms with Crippen LogP contribution in [0.15, 0.2) is 29.1 Å². The molecule has 0 aliphatic heterocycles. The van der Waals surface area contributed by atoms with Crippen molar-refractivity contribution >= 4 is 29.2 Å². The van der Waals surface area contributed by atoms with Crippen molar-refractivity contribution in [1.82, 2.24) is 4.98 Å². The van der Waals surface area contributed by atoms with Crippen LogP contribution in [-0.2, 0) is 4.74 Å². The van der Waals surface area contributed by atoms with Crippen LogP contribution in [0.25, 0.3) is 0 Å². The number of pyridine rings is 1. The molecule has 0 aliphatic carbocycles. The number of aromatic nitrogens is 1. The Bertz CT molecular complexity index is 876. The summed E-state index contributed by atoms with van der Waals surface area (Å²) in [6, 6.07) is 5.87. The topological polar surface area (TPSA) is 97.5 Å². The third-order valence-electron chi connectivity index (χ3n) is 3.39. The quantitative estimate of drug-likeness (QED) is 0.795. The molecule has 1 heterocycles. The molecule has 8 heteroatoms. The number of carbonyl (C=O) groups excluding carboxylic acids is 2. The summed E-state index contributed by atoms with van der Waals surface area (Å²) in [5.41, 5.74) is 0.0172. The Morgan fingerprint density at radius 3 is 2.56 bits per heavy atom. The van der Waals surface area contributed by atoms with Crippen molar-refractivity contribution in [3.63, 3.8) is 0 Å². The number of hydrogen-bond donors (Lipinski definition) is 2. The van der Waals surface area contributed by atoms with Crippen LogP contribution in [0, 0.1) is 6.92 Å². The lowest BCUT2D eigenvalue weighted by Crippen LogP contribution is -2.25. The minimum Gasteiger partial charge on any atom is -0.495 e. The average Bonchev–Trinajstić information content (AvgIpc) is 2.55. The molecule has 0 atom stereocenters. The number of halogens is 1. The SMILES string of the molecule is CCOC(=O)c1cc(C(=O)Nc2ccc(OC)c(Cl)c2)c(=O)[nH]c1C. The third kappa shape index (κ3) is 4.19. The van der Waals surface area contributed by atoms with E-state index in [0.29, 0.717) is 22.2 Å². The highest BCUT2D eigenvalue weighted by Crippen LogP contribution is 2.27. The molecular weight excluding hydrogens is 348 g/mol. The van der Waals surface area contributed by atoms with Gasteiger partial charge in [0, 0.05) is 11.4 Å². The molecule has 2 N–H and O–H groups in total. The fourth-order valence-electron chi connectivity index (χ4n) is 2.16. The lowest BCUT2D eigenvalue weighted by molar-refractivity contribution is 0.0525. The van der Waals surface area contributed by atoms with Gasteiger partial charge < -0.3 is 19.8 Å². The van der Waals surface area contributed by atoms with Crippen molar-refractivity contribution in [2.24, 2.45) is 0 Å². The highest BCUT2D eigenvalue weighted by Gasteiger charge is 2.18. The molecule has 0 fully saturated rings. The fourth-order valence-corrected chi connectivity index (χ4v) is 2.41. The second-order valence-corrected chi connectivity index (χ2v) is 5.48. The van der Waals surface area contributed by atoms with Crippen molar-refractivity contribution in [2.45, 2.75) is 13.8 Å². The van der Waals surface area contributed by atoms with Gasteiger partial charge in [0.1, 0.15) is 11.3 Å². The van der Waals surface area contributed by atoms with Crippen LogP contribution in [0.4, 0.5) is 5.69 Å². The zero-order chi connectivity index (χ0) is 18.6. The van der Waals surface area contributed by atoms with Crippen LogP contribution in [-0.4, -0.2) is 30.6 Å². The Kier molecular flexibility index (Phi) is 5.82. The van der Waals surface area contributed by atoms with Crippen LogP contribution in [0.2, 0.25) is 5.02 Å². The molecular formula is C17H17ClN2O5. The molecule has 0 radical (unpaired) electrons. The molecule has 7 nitrogen and oxygen atoms in total. The molecule has 0 spiro atoms. The molecule has 1 aromatic carbocycles. The van der Waals surface area contributed by atoms with Crippen LogP contribution in [0.5, 0.6) is 5.75 Å². The first-order valence-electron chi connectivity index (χ1n) is 7.43. The van der Waals surface area contributed by atoms with Crippen LogP contribution in [0.3, 0.4) is 0 Å². The van der Waals surface area contributed by atoms with Crippen LogP contribution in [0.1, 0.15) is 33.3 Å². The Morgan fingerprint density at radius 2 is 1.96 bits per heavy atom. The lowest BCUT2D eigenvalue weighted by Gasteiger charge is -2.10. The Hall–Kier alpha value is -2.80. The molecule has 1 aromatic heterocycles. The first kappa shape index (κ1) is 18.5. The number of hydrogen-bond acceptors (Lipinski definition) is 5. The summed E-state index contributed by atoms with van der Waals surface area (Å²) in [7, 11) is 1.47. The first-order valence-corrected chi connectivity index (χ1v) is 7.81. The number of benzene rings is 1. The van der Waals surface area contributed by atoms with Gasteiger partial charge >= 0.3 is 5.97 Å². The van der Waals surface area contributed by atoms with E-state index in [2.05, 4.69) is 10.3 Å². The number of nitrogens with one attached hydrogen (secondary N) is 2. The van der Waals surface area contributed by atoms with Crippen molar-refractivity contribution in [3.05, 3.63) is 56.5 Å². The van der Waals surface area contributed by atoms with Gasteiger partial charge in [-0.25, -0.2) is 4.79 Å². The number of H-pyrrole nitrogens is 1. The van der Waals surface area contributed by atoms with Crippen molar-refractivity contribution in [1.29, 1.82) is 0 Å². The van der Waals surface area contributed by atoms with E-state index < -0.39 is 17.4 Å². The largest absolute Gasteiger partial charge is 0.495 e. The average molecular weight is 365 g/mol. The number of aryl methyl sites for hydroxylation is 1. The summed E-state index contributed by atoms with van der Waals surface area (Å²) in [6.07, 6.45) is 0. The van der Waals surface area contributed by atoms with E-state index in [-0.39, 0.29) is 17.7 Å². The molecule has 132 valence electrons. The molecule has 0 bridgehead atoms. The Labute approximate surface area is 148 Å². The third-order valence-corrected chi connectivity index (χ3v) is 3.68. The van der Waals surface area contributed by atoms with Gasteiger partial charge in [0.2, 0.25) is 0 Å². The number of methoxy groups -OCH3 is 1. The van der Waals surface area contributed by atoms with Gasteiger partial charge in [0.05, 0.1) is 24.3 Å². The summed E-state index contributed by atoms with van der Waals surface area (Å²) < 4.78 is 9.95. The number of rotatable bonds is 5. The maximum absolute atomic E-state index is 12.4. The molecule has 0 saturated heterocycles. The highest BCUT2D eigenvalue weighted by atomic mass is 35.5. The summed E-state index contributed by atoms with van der Waals surface area (Å²) in [5, 5.41) is 2.87. The van der Waals surface area contributed by atoms with E-state index in [4.69, 9.17) is 21.1 Å². The molecule has 1 amide bonds. The van der Waals surface area contributed by atoms with Crippen molar-refractivity contribution < 1.29 is 19.1 Å². The molecule has 0 unspecified atom stereocenters. The van der Waals surface area contributed by atoms with E-state index in [1.54, 1.807) is 26.0 Å². The number of esters is 1. The maximum Gasteiger partial charge on any atom is 0.339 e. The number of ether oxygens (including phenoxy) is 2. The highest BCUT2D eigenvalue weighted by molar-refractivity contribution is 6.32. The van der Waals surface area contributed by atoms with Gasteiger partial charge in [-0.15, -0.1) is 0 Å². The van der Waals surface area contributed by atoms with E-state index >= 15 is 0 Å². The van der Waals surface area contributed by atoms with Gasteiger partial charge in [-0.2, -0.15) is 0 Å². The predicted molar refractivity (Wildman–Crippen MR) is 93.7 cm³/mol. The maximum atomic E-state index is 12.4. The van der Waals surface area contributed by atoms with E-state index in [1.165, 1.54) is 19.2 Å². The minimum absolute atomic E-state index is 0.124. The Balaban J connectivity index is 2.32. The number of carbonyl (C=O) groups is 2. The Morgan fingerprint density at radius 1 is 1.24 bits per heavy atom. The lowest BCUT2D eigenvalue weighted by atomic mass is 10.1. The van der Waals surface area contributed by atoms with Crippen LogP contribution < -0.4 is 15.6 Å². The van der Waals surface area contributed by atoms with Gasteiger partial charge in [0.25, 0.3) is 11.5 Å². The number of amides is 1. The van der Waals surface area contributed by atoms with E-state index in [1.807, 2.05) is 0 Å². The summed E-state index contributed by atoms with van der Waals surface area (Å²) in [5.74, 6) is -0.830. The van der Waals surface area contributed by atoms with Gasteiger partial charge in [-0.3, -0.25) is 9.59 Å². The normalized spacial score (nSPS) is 10.2. The first-order chi connectivity index (χ1) is 11.9. The monoisotopic (exact) mass is 364 g/mol. The predicted octanol–water partition coefficient (Wildman–Crippen LogP) is 2.77. The molecule has 0 saturated carbocycles. The second-order valence-electron chi connectivity index (χ2n) is 5.07. The van der Waals surface area contributed by atoms with Gasteiger partial charge in [-0.1, -0.05) is 11.6 Å². The van der Waals surface area contributed by atoms with E-state index in [9.17, 15) is 14.4 Å². The molecule has 2 rings (SSSR count). The zero-order valence-corrected chi connectivity index (χ0v) is 14.7. The molecule has 25 heavy (non-hydrogen) atoms. The standard InChI is InChI=1S/C17H17ClN2O5/c1-4-25-17(23)11-8-12(15(21)19-9(11)2)16(22)20-10-5-6-14(24-3)13(18)7-10/h5-8H,4H2,1-3H3,(H,19,21)(H,20,22). The second kappa shape index (κ2) is 7.85. The number of aromatic amines is 1.